The van der Waals surface area contributed by atoms with Crippen LogP contribution in [-0.4, -0.2) is 53.2 Å². The largest absolute Gasteiger partial charge is 0.356 e. The second kappa shape index (κ2) is 12.2. The Kier molecular flexibility index (Phi) is 10.7. The zero-order valence-corrected chi connectivity index (χ0v) is 20.9. The van der Waals surface area contributed by atoms with Crippen LogP contribution in [0.1, 0.15) is 16.7 Å². The monoisotopic (exact) mass is 548 g/mol. The minimum atomic E-state index is -3.17. The maximum Gasteiger partial charge on any atom is 0.191 e. The highest BCUT2D eigenvalue weighted by Gasteiger charge is 2.07. The average Bonchev–Trinajstić information content (AvgIpc) is 2.66. The maximum absolute atomic E-state index is 13.9. The number of hydrogen-bond acceptors (Lipinski definition) is 4. The van der Waals surface area contributed by atoms with Crippen molar-refractivity contribution in [2.45, 2.75) is 24.4 Å². The van der Waals surface area contributed by atoms with E-state index in [1.807, 2.05) is 37.2 Å². The van der Waals surface area contributed by atoms with Gasteiger partial charge in [-0.3, -0.25) is 4.99 Å². The van der Waals surface area contributed by atoms with E-state index in [2.05, 4.69) is 15.6 Å². The van der Waals surface area contributed by atoms with E-state index in [1.54, 1.807) is 25.2 Å². The molecule has 30 heavy (non-hydrogen) atoms. The second-order valence-electron chi connectivity index (χ2n) is 7.18. The molecule has 2 N–H and O–H groups in total. The van der Waals surface area contributed by atoms with Crippen LogP contribution >= 0.6 is 24.0 Å². The van der Waals surface area contributed by atoms with Crippen molar-refractivity contribution >= 4 is 39.8 Å². The molecule has 0 saturated heterocycles. The topological polar surface area (TPSA) is 73.8 Å². The van der Waals surface area contributed by atoms with Gasteiger partial charge >= 0.3 is 0 Å². The highest BCUT2D eigenvalue weighted by molar-refractivity contribution is 14.0. The molecule has 0 amide bonds. The second-order valence-corrected chi connectivity index (χ2v) is 9.20. The summed E-state index contributed by atoms with van der Waals surface area (Å²) >= 11 is 0. The first-order valence-electron chi connectivity index (χ1n) is 9.34. The van der Waals surface area contributed by atoms with Gasteiger partial charge in [0, 0.05) is 38.5 Å². The van der Waals surface area contributed by atoms with Crippen molar-refractivity contribution in [2.24, 2.45) is 4.99 Å². The normalized spacial score (nSPS) is 11.9. The van der Waals surface area contributed by atoms with Gasteiger partial charge in [0.25, 0.3) is 0 Å². The molecule has 6 nitrogen and oxygen atoms in total. The zero-order valence-electron chi connectivity index (χ0n) is 17.8. The van der Waals surface area contributed by atoms with Crippen LogP contribution in [0.25, 0.3) is 0 Å². The smallest absolute Gasteiger partial charge is 0.191 e. The lowest BCUT2D eigenvalue weighted by Gasteiger charge is -2.14. The predicted octanol–water partition coefficient (Wildman–Crippen LogP) is 2.82. The first-order chi connectivity index (χ1) is 13.7. The lowest BCUT2D eigenvalue weighted by atomic mass is 10.1. The van der Waals surface area contributed by atoms with Crippen LogP contribution in [0.3, 0.4) is 0 Å². The van der Waals surface area contributed by atoms with Crippen LogP contribution in [0.4, 0.5) is 4.39 Å². The molecule has 9 heteroatoms. The molecular formula is C21H30FIN4O2S. The standard InChI is InChI=1S/C21H29FN4O2S.HI/c1-23-21(24-12-11-16-5-8-19(9-6-16)29(4,27)28)25-14-17-7-10-20(22)18(13-17)15-26(2)3;/h5-10,13H,11-12,14-15H2,1-4H3,(H2,23,24,25);1H. The summed E-state index contributed by atoms with van der Waals surface area (Å²) in [6, 6.07) is 12.0. The van der Waals surface area contributed by atoms with Crippen molar-refractivity contribution in [1.82, 2.24) is 15.5 Å². The molecular weight excluding hydrogens is 518 g/mol. The Labute approximate surface area is 195 Å². The van der Waals surface area contributed by atoms with Gasteiger partial charge < -0.3 is 15.5 Å². The number of hydrogen-bond donors (Lipinski definition) is 2. The summed E-state index contributed by atoms with van der Waals surface area (Å²) in [6.07, 6.45) is 1.93. The summed E-state index contributed by atoms with van der Waals surface area (Å²) in [6.45, 7) is 1.72. The van der Waals surface area contributed by atoms with E-state index in [4.69, 9.17) is 0 Å². The Morgan fingerprint density at radius 2 is 1.70 bits per heavy atom. The number of sulfone groups is 1. The summed E-state index contributed by atoms with van der Waals surface area (Å²) in [5, 5.41) is 6.45. The van der Waals surface area contributed by atoms with E-state index in [-0.39, 0.29) is 29.8 Å². The van der Waals surface area contributed by atoms with Gasteiger partial charge in [-0.15, -0.1) is 24.0 Å². The lowest BCUT2D eigenvalue weighted by Crippen LogP contribution is -2.37. The van der Waals surface area contributed by atoms with Crippen molar-refractivity contribution in [2.75, 3.05) is 33.9 Å². The molecule has 0 aliphatic carbocycles. The molecule has 2 aromatic carbocycles. The molecule has 2 aromatic rings. The zero-order chi connectivity index (χ0) is 21.4. The minimum absolute atomic E-state index is 0. The van der Waals surface area contributed by atoms with Gasteiger partial charge in [-0.2, -0.15) is 0 Å². The fourth-order valence-corrected chi connectivity index (χ4v) is 3.47. The van der Waals surface area contributed by atoms with E-state index in [9.17, 15) is 12.8 Å². The van der Waals surface area contributed by atoms with Gasteiger partial charge in [0.1, 0.15) is 5.82 Å². The molecule has 0 heterocycles. The van der Waals surface area contributed by atoms with E-state index >= 15 is 0 Å². The van der Waals surface area contributed by atoms with Crippen LogP contribution in [-0.2, 0) is 29.3 Å². The maximum atomic E-state index is 13.9. The van der Waals surface area contributed by atoms with Gasteiger partial charge in [-0.25, -0.2) is 12.8 Å². The Morgan fingerprint density at radius 3 is 2.27 bits per heavy atom. The molecule has 166 valence electrons. The average molecular weight is 548 g/mol. The third kappa shape index (κ3) is 8.57. The van der Waals surface area contributed by atoms with E-state index in [1.165, 1.54) is 12.3 Å². The minimum Gasteiger partial charge on any atom is -0.356 e. The molecule has 0 radical (unpaired) electrons. The number of aliphatic imine (C=N–C) groups is 1. The SMILES string of the molecule is CN=C(NCCc1ccc(S(C)(=O)=O)cc1)NCc1ccc(F)c(CN(C)C)c1.I. The van der Waals surface area contributed by atoms with Crippen molar-refractivity contribution in [3.63, 3.8) is 0 Å². The Bertz CT molecular complexity index is 948. The predicted molar refractivity (Wildman–Crippen MR) is 131 cm³/mol. The van der Waals surface area contributed by atoms with Crippen LogP contribution in [0, 0.1) is 5.82 Å². The van der Waals surface area contributed by atoms with Gasteiger partial charge in [0.2, 0.25) is 0 Å². The third-order valence-corrected chi connectivity index (χ3v) is 5.47. The van der Waals surface area contributed by atoms with Crippen molar-refractivity contribution in [3.05, 3.63) is 65.0 Å². The van der Waals surface area contributed by atoms with Gasteiger partial charge in [0.15, 0.2) is 15.8 Å². The molecule has 2 rings (SSSR count). The highest BCUT2D eigenvalue weighted by Crippen LogP contribution is 2.12. The summed E-state index contributed by atoms with van der Waals surface area (Å²) in [5.41, 5.74) is 2.67. The third-order valence-electron chi connectivity index (χ3n) is 4.34. The van der Waals surface area contributed by atoms with E-state index < -0.39 is 9.84 Å². The summed E-state index contributed by atoms with van der Waals surface area (Å²) in [4.78, 5) is 6.45. The van der Waals surface area contributed by atoms with E-state index in [0.29, 0.717) is 36.1 Å². The molecule has 0 aliphatic rings. The van der Waals surface area contributed by atoms with Crippen LogP contribution < -0.4 is 10.6 Å². The Hall–Kier alpha value is -1.72. The molecule has 0 aliphatic heterocycles. The van der Waals surface area contributed by atoms with Crippen molar-refractivity contribution in [3.8, 4) is 0 Å². The quantitative estimate of drug-likeness (QED) is 0.302. The van der Waals surface area contributed by atoms with Crippen molar-refractivity contribution < 1.29 is 12.8 Å². The number of benzene rings is 2. The number of nitrogens with one attached hydrogen (secondary N) is 2. The molecule has 0 aromatic heterocycles. The number of guanidine groups is 1. The van der Waals surface area contributed by atoms with Crippen LogP contribution in [0.15, 0.2) is 52.4 Å². The van der Waals surface area contributed by atoms with E-state index in [0.717, 1.165) is 17.5 Å². The number of nitrogens with zero attached hydrogens (tertiary/aromatic N) is 2. The lowest BCUT2D eigenvalue weighted by molar-refractivity contribution is 0.392. The summed E-state index contributed by atoms with van der Waals surface area (Å²) in [5.74, 6) is 0.447. The molecule has 0 saturated carbocycles. The summed E-state index contributed by atoms with van der Waals surface area (Å²) < 4.78 is 36.9. The molecule has 0 bridgehead atoms. The molecule has 0 unspecified atom stereocenters. The van der Waals surface area contributed by atoms with Crippen LogP contribution in [0.2, 0.25) is 0 Å². The summed E-state index contributed by atoms with van der Waals surface area (Å²) in [7, 11) is 2.33. The Balaban J connectivity index is 0.00000450. The number of halogens is 2. The van der Waals surface area contributed by atoms with Gasteiger partial charge in [0.05, 0.1) is 4.90 Å². The first kappa shape index (κ1) is 26.3. The number of rotatable bonds is 8. The molecule has 0 spiro atoms. The fraction of sp³-hybridized carbons (Fsp3) is 0.381. The van der Waals surface area contributed by atoms with Crippen LogP contribution in [0.5, 0.6) is 0 Å². The first-order valence-corrected chi connectivity index (χ1v) is 11.2. The van der Waals surface area contributed by atoms with Gasteiger partial charge in [-0.05, 0) is 55.9 Å². The molecule has 0 atom stereocenters. The van der Waals surface area contributed by atoms with Crippen molar-refractivity contribution in [1.29, 1.82) is 0 Å². The highest BCUT2D eigenvalue weighted by atomic mass is 127. The molecule has 0 fully saturated rings. The Morgan fingerprint density at radius 1 is 1.07 bits per heavy atom. The fourth-order valence-electron chi connectivity index (χ4n) is 2.83. The van der Waals surface area contributed by atoms with Gasteiger partial charge in [-0.1, -0.05) is 18.2 Å².